The van der Waals surface area contributed by atoms with Gasteiger partial charge in [0.15, 0.2) is 6.29 Å². The van der Waals surface area contributed by atoms with E-state index in [1.807, 2.05) is 30.3 Å². The number of hydrogen-bond donors (Lipinski definition) is 1. The Morgan fingerprint density at radius 2 is 1.73 bits per heavy atom. The lowest BCUT2D eigenvalue weighted by atomic mass is 10.0. The smallest absolute Gasteiger partial charge is 0.150 e. The normalized spacial score (nSPS) is 9.87. The van der Waals surface area contributed by atoms with Crippen LogP contribution in [0.25, 0.3) is 11.1 Å². The van der Waals surface area contributed by atoms with E-state index in [-0.39, 0.29) is 5.75 Å². The largest absolute Gasteiger partial charge is 0.508 e. The number of carbonyl (C=O) groups excluding carboxylic acids is 1. The summed E-state index contributed by atoms with van der Waals surface area (Å²) in [6, 6.07) is 14.2. The Morgan fingerprint density at radius 3 is 2.40 bits per heavy atom. The average molecular weight is 198 g/mol. The summed E-state index contributed by atoms with van der Waals surface area (Å²) < 4.78 is 0. The third-order valence-electron chi connectivity index (χ3n) is 2.25. The van der Waals surface area contributed by atoms with Gasteiger partial charge in [0, 0.05) is 5.56 Å². The standard InChI is InChI=1S/C13H10O2/c14-9-11-6-7-12(15)8-13(11)10-4-2-1-3-5-10/h1-9,15H. The van der Waals surface area contributed by atoms with Gasteiger partial charge in [0.2, 0.25) is 0 Å². The van der Waals surface area contributed by atoms with E-state index in [9.17, 15) is 9.90 Å². The summed E-state index contributed by atoms with van der Waals surface area (Å²) in [5.74, 6) is 0.166. The molecule has 0 fully saturated rings. The molecule has 1 N–H and O–H groups in total. The van der Waals surface area contributed by atoms with E-state index in [1.54, 1.807) is 12.1 Å². The van der Waals surface area contributed by atoms with Crippen molar-refractivity contribution in [3.05, 3.63) is 54.1 Å². The first-order valence-electron chi connectivity index (χ1n) is 4.65. The second-order valence-electron chi connectivity index (χ2n) is 3.26. The summed E-state index contributed by atoms with van der Waals surface area (Å²) in [5.41, 5.74) is 2.26. The number of phenols is 1. The van der Waals surface area contributed by atoms with Crippen LogP contribution in [0.5, 0.6) is 5.75 Å². The van der Waals surface area contributed by atoms with Crippen LogP contribution in [0.1, 0.15) is 10.4 Å². The van der Waals surface area contributed by atoms with Crippen molar-refractivity contribution in [1.29, 1.82) is 0 Å². The third-order valence-corrected chi connectivity index (χ3v) is 2.25. The number of aldehydes is 1. The van der Waals surface area contributed by atoms with Gasteiger partial charge < -0.3 is 5.11 Å². The van der Waals surface area contributed by atoms with Crippen LogP contribution < -0.4 is 0 Å². The van der Waals surface area contributed by atoms with E-state index in [0.717, 1.165) is 17.4 Å². The highest BCUT2D eigenvalue weighted by Crippen LogP contribution is 2.26. The first-order valence-corrected chi connectivity index (χ1v) is 4.65. The van der Waals surface area contributed by atoms with Gasteiger partial charge in [-0.05, 0) is 29.3 Å². The number of benzene rings is 2. The molecular formula is C13H10O2. The van der Waals surface area contributed by atoms with Crippen LogP contribution in [0.2, 0.25) is 0 Å². The zero-order valence-electron chi connectivity index (χ0n) is 8.05. The van der Waals surface area contributed by atoms with Crippen molar-refractivity contribution in [2.75, 3.05) is 0 Å². The molecule has 0 aliphatic heterocycles. The molecule has 15 heavy (non-hydrogen) atoms. The lowest BCUT2D eigenvalue weighted by Gasteiger charge is -2.05. The second-order valence-corrected chi connectivity index (χ2v) is 3.26. The third kappa shape index (κ3) is 1.89. The summed E-state index contributed by atoms with van der Waals surface area (Å²) in [5, 5.41) is 9.38. The number of carbonyl (C=O) groups is 1. The molecule has 0 saturated heterocycles. The van der Waals surface area contributed by atoms with Crippen molar-refractivity contribution < 1.29 is 9.90 Å². The van der Waals surface area contributed by atoms with Gasteiger partial charge in [-0.2, -0.15) is 0 Å². The molecule has 0 aromatic heterocycles. The van der Waals surface area contributed by atoms with Crippen LogP contribution in [0.15, 0.2) is 48.5 Å². The number of rotatable bonds is 2. The van der Waals surface area contributed by atoms with Crippen LogP contribution in [-0.2, 0) is 0 Å². The quantitative estimate of drug-likeness (QED) is 0.753. The number of aromatic hydroxyl groups is 1. The molecule has 0 aliphatic rings. The van der Waals surface area contributed by atoms with E-state index in [4.69, 9.17) is 0 Å². The highest BCUT2D eigenvalue weighted by molar-refractivity contribution is 5.88. The maximum atomic E-state index is 10.8. The predicted molar refractivity (Wildman–Crippen MR) is 58.9 cm³/mol. The molecule has 0 saturated carbocycles. The fourth-order valence-corrected chi connectivity index (χ4v) is 1.51. The lowest BCUT2D eigenvalue weighted by Crippen LogP contribution is -1.86. The highest BCUT2D eigenvalue weighted by Gasteiger charge is 2.04. The molecule has 0 aliphatic carbocycles. The highest BCUT2D eigenvalue weighted by atomic mass is 16.3. The Morgan fingerprint density at radius 1 is 1.00 bits per heavy atom. The Labute approximate surface area is 87.8 Å². The molecule has 74 valence electrons. The van der Waals surface area contributed by atoms with Gasteiger partial charge in [0.1, 0.15) is 5.75 Å². The Hall–Kier alpha value is -2.09. The molecule has 0 bridgehead atoms. The van der Waals surface area contributed by atoms with Gasteiger partial charge in [-0.1, -0.05) is 30.3 Å². The summed E-state index contributed by atoms with van der Waals surface area (Å²) >= 11 is 0. The van der Waals surface area contributed by atoms with Crippen LogP contribution in [-0.4, -0.2) is 11.4 Å². The van der Waals surface area contributed by atoms with Crippen molar-refractivity contribution in [1.82, 2.24) is 0 Å². The van der Waals surface area contributed by atoms with Crippen molar-refractivity contribution in [2.24, 2.45) is 0 Å². The summed E-state index contributed by atoms with van der Waals surface area (Å²) in [6.45, 7) is 0. The summed E-state index contributed by atoms with van der Waals surface area (Å²) in [7, 11) is 0. The number of phenolic OH excluding ortho intramolecular Hbond substituents is 1. The van der Waals surface area contributed by atoms with E-state index < -0.39 is 0 Å². The summed E-state index contributed by atoms with van der Waals surface area (Å²) in [4.78, 5) is 10.8. The molecule has 0 radical (unpaired) electrons. The fourth-order valence-electron chi connectivity index (χ4n) is 1.51. The van der Waals surface area contributed by atoms with Crippen LogP contribution in [0.3, 0.4) is 0 Å². The van der Waals surface area contributed by atoms with Gasteiger partial charge in [0.25, 0.3) is 0 Å². The molecule has 0 amide bonds. The molecule has 2 rings (SSSR count). The minimum absolute atomic E-state index is 0.166. The minimum Gasteiger partial charge on any atom is -0.508 e. The molecular weight excluding hydrogens is 188 g/mol. The van der Waals surface area contributed by atoms with Crippen molar-refractivity contribution in [3.8, 4) is 16.9 Å². The number of hydrogen-bond acceptors (Lipinski definition) is 2. The molecule has 2 nitrogen and oxygen atoms in total. The first-order chi connectivity index (χ1) is 7.31. The lowest BCUT2D eigenvalue weighted by molar-refractivity contribution is 0.112. The SMILES string of the molecule is O=Cc1ccc(O)cc1-c1ccccc1. The first kappa shape index (κ1) is 9.46. The maximum absolute atomic E-state index is 10.8. The molecule has 0 heterocycles. The van der Waals surface area contributed by atoms with Crippen LogP contribution in [0, 0.1) is 0 Å². The molecule has 0 spiro atoms. The van der Waals surface area contributed by atoms with Crippen molar-refractivity contribution in [3.63, 3.8) is 0 Å². The van der Waals surface area contributed by atoms with E-state index >= 15 is 0 Å². The van der Waals surface area contributed by atoms with Gasteiger partial charge in [-0.25, -0.2) is 0 Å². The Balaban J connectivity index is 2.61. The molecule has 0 unspecified atom stereocenters. The monoisotopic (exact) mass is 198 g/mol. The molecule has 0 atom stereocenters. The molecule has 2 aromatic carbocycles. The Bertz CT molecular complexity index is 475. The van der Waals surface area contributed by atoms with E-state index in [0.29, 0.717) is 5.56 Å². The van der Waals surface area contributed by atoms with E-state index in [2.05, 4.69) is 0 Å². The van der Waals surface area contributed by atoms with Crippen LogP contribution in [0.4, 0.5) is 0 Å². The van der Waals surface area contributed by atoms with Gasteiger partial charge in [-0.15, -0.1) is 0 Å². The molecule has 2 aromatic rings. The van der Waals surface area contributed by atoms with Crippen LogP contribution >= 0.6 is 0 Å². The topological polar surface area (TPSA) is 37.3 Å². The second kappa shape index (κ2) is 3.96. The van der Waals surface area contributed by atoms with Crippen molar-refractivity contribution in [2.45, 2.75) is 0 Å². The van der Waals surface area contributed by atoms with Crippen molar-refractivity contribution >= 4 is 6.29 Å². The van der Waals surface area contributed by atoms with Gasteiger partial charge in [0.05, 0.1) is 0 Å². The zero-order chi connectivity index (χ0) is 10.7. The van der Waals surface area contributed by atoms with Gasteiger partial charge in [-0.3, -0.25) is 4.79 Å². The Kier molecular flexibility index (Phi) is 2.50. The van der Waals surface area contributed by atoms with E-state index in [1.165, 1.54) is 6.07 Å². The molecule has 2 heteroatoms. The minimum atomic E-state index is 0.166. The zero-order valence-corrected chi connectivity index (χ0v) is 8.05. The summed E-state index contributed by atoms with van der Waals surface area (Å²) in [6.07, 6.45) is 0.793. The van der Waals surface area contributed by atoms with Gasteiger partial charge >= 0.3 is 0 Å². The maximum Gasteiger partial charge on any atom is 0.150 e. The average Bonchev–Trinajstić information content (AvgIpc) is 2.30. The predicted octanol–water partition coefficient (Wildman–Crippen LogP) is 2.87. The fraction of sp³-hybridized carbons (Fsp3) is 0.